The number of phenolic OH excluding ortho intramolecular Hbond substituents is 1. The van der Waals surface area contributed by atoms with Crippen molar-refractivity contribution in [2.45, 2.75) is 26.0 Å². The van der Waals surface area contributed by atoms with E-state index in [2.05, 4.69) is 28.9 Å². The van der Waals surface area contributed by atoms with Crippen molar-refractivity contribution in [3.63, 3.8) is 0 Å². The summed E-state index contributed by atoms with van der Waals surface area (Å²) < 4.78 is 11.0. The van der Waals surface area contributed by atoms with Gasteiger partial charge in [0.1, 0.15) is 11.9 Å². The number of rotatable bonds is 3. The van der Waals surface area contributed by atoms with Gasteiger partial charge in [-0.1, -0.05) is 5.16 Å². The number of hydrogen-bond acceptors (Lipinski definition) is 6. The molecule has 0 saturated carbocycles. The van der Waals surface area contributed by atoms with Crippen LogP contribution in [0.4, 0.5) is 0 Å². The predicted octanol–water partition coefficient (Wildman–Crippen LogP) is 2.22. The largest absolute Gasteiger partial charge is 0.508 e. The van der Waals surface area contributed by atoms with E-state index in [1.165, 1.54) is 0 Å². The van der Waals surface area contributed by atoms with Crippen LogP contribution in [0.5, 0.6) is 5.75 Å². The fraction of sp³-hybridized carbons (Fsp3) is 0.467. The number of phenols is 1. The number of ether oxygens (including phenoxy) is 1. The summed E-state index contributed by atoms with van der Waals surface area (Å²) in [6, 6.07) is 7.15. The zero-order valence-electron chi connectivity index (χ0n) is 12.2. The van der Waals surface area contributed by atoms with Gasteiger partial charge in [-0.3, -0.25) is 4.90 Å². The summed E-state index contributed by atoms with van der Waals surface area (Å²) in [6.45, 7) is 6.70. The minimum absolute atomic E-state index is 0.157. The normalized spacial score (nSPS) is 20.0. The smallest absolute Gasteiger partial charge is 0.258 e. The molecular formula is C15H19N3O3. The number of hydrogen-bond donors (Lipinski definition) is 1. The van der Waals surface area contributed by atoms with E-state index in [-0.39, 0.29) is 11.9 Å². The second-order valence-electron chi connectivity index (χ2n) is 5.45. The zero-order chi connectivity index (χ0) is 14.8. The van der Waals surface area contributed by atoms with Crippen molar-refractivity contribution in [1.82, 2.24) is 15.0 Å². The summed E-state index contributed by atoms with van der Waals surface area (Å²) in [5.74, 6) is 1.22. The third kappa shape index (κ3) is 3.06. The lowest BCUT2D eigenvalue weighted by molar-refractivity contribution is -0.0450. The second kappa shape index (κ2) is 5.83. The molecule has 0 aliphatic carbocycles. The molecule has 6 nitrogen and oxygen atoms in total. The van der Waals surface area contributed by atoms with Gasteiger partial charge in [0, 0.05) is 24.7 Å². The molecule has 3 rings (SSSR count). The Balaban J connectivity index is 1.77. The van der Waals surface area contributed by atoms with E-state index < -0.39 is 0 Å². The Morgan fingerprint density at radius 3 is 2.76 bits per heavy atom. The SMILES string of the molecule is CC(C)N1CCOC(c2noc(-c3ccc(O)cc3)n2)C1. The van der Waals surface area contributed by atoms with Gasteiger partial charge in [-0.05, 0) is 38.1 Å². The molecule has 1 atom stereocenters. The molecule has 1 aromatic heterocycles. The van der Waals surface area contributed by atoms with E-state index in [0.717, 1.165) is 18.7 Å². The predicted molar refractivity (Wildman–Crippen MR) is 76.8 cm³/mol. The summed E-state index contributed by atoms with van der Waals surface area (Å²) in [6.07, 6.45) is -0.157. The van der Waals surface area contributed by atoms with Crippen LogP contribution in [0.15, 0.2) is 28.8 Å². The maximum atomic E-state index is 9.30. The van der Waals surface area contributed by atoms with Crippen molar-refractivity contribution in [1.29, 1.82) is 0 Å². The van der Waals surface area contributed by atoms with Crippen LogP contribution >= 0.6 is 0 Å². The molecule has 112 valence electrons. The highest BCUT2D eigenvalue weighted by molar-refractivity contribution is 5.54. The Kier molecular flexibility index (Phi) is 3.90. The molecule has 1 aliphatic rings. The number of morpholine rings is 1. The maximum Gasteiger partial charge on any atom is 0.258 e. The number of aromatic hydroxyl groups is 1. The average molecular weight is 289 g/mol. The second-order valence-corrected chi connectivity index (χ2v) is 5.45. The van der Waals surface area contributed by atoms with Crippen LogP contribution < -0.4 is 0 Å². The minimum atomic E-state index is -0.157. The van der Waals surface area contributed by atoms with Crippen LogP contribution in [0.1, 0.15) is 25.8 Å². The summed E-state index contributed by atoms with van der Waals surface area (Å²) in [5, 5.41) is 13.3. The molecule has 1 aromatic carbocycles. The van der Waals surface area contributed by atoms with Gasteiger partial charge in [-0.25, -0.2) is 0 Å². The third-order valence-corrected chi connectivity index (χ3v) is 3.67. The van der Waals surface area contributed by atoms with Crippen LogP contribution in [0.3, 0.4) is 0 Å². The van der Waals surface area contributed by atoms with Crippen LogP contribution in [0.2, 0.25) is 0 Å². The molecule has 0 spiro atoms. The van der Waals surface area contributed by atoms with Gasteiger partial charge in [-0.15, -0.1) is 0 Å². The van der Waals surface area contributed by atoms with E-state index in [4.69, 9.17) is 9.26 Å². The van der Waals surface area contributed by atoms with Crippen molar-refractivity contribution >= 4 is 0 Å². The lowest BCUT2D eigenvalue weighted by Gasteiger charge is -2.34. The maximum absolute atomic E-state index is 9.30. The topological polar surface area (TPSA) is 71.6 Å². The van der Waals surface area contributed by atoms with Crippen molar-refractivity contribution in [2.75, 3.05) is 19.7 Å². The zero-order valence-corrected chi connectivity index (χ0v) is 12.2. The highest BCUT2D eigenvalue weighted by Gasteiger charge is 2.27. The van der Waals surface area contributed by atoms with Crippen LogP contribution in [0.25, 0.3) is 11.5 Å². The van der Waals surface area contributed by atoms with E-state index in [1.807, 2.05) is 0 Å². The molecule has 0 radical (unpaired) electrons. The quantitative estimate of drug-likeness (QED) is 0.934. The van der Waals surface area contributed by atoms with Crippen molar-refractivity contribution < 1.29 is 14.4 Å². The van der Waals surface area contributed by atoms with E-state index in [1.54, 1.807) is 24.3 Å². The Morgan fingerprint density at radius 2 is 2.05 bits per heavy atom. The van der Waals surface area contributed by atoms with E-state index in [9.17, 15) is 5.11 Å². The highest BCUT2D eigenvalue weighted by Crippen LogP contribution is 2.25. The third-order valence-electron chi connectivity index (χ3n) is 3.67. The molecule has 6 heteroatoms. The van der Waals surface area contributed by atoms with E-state index >= 15 is 0 Å². The first-order chi connectivity index (χ1) is 10.1. The summed E-state index contributed by atoms with van der Waals surface area (Å²) in [5.41, 5.74) is 0.781. The van der Waals surface area contributed by atoms with Gasteiger partial charge >= 0.3 is 0 Å². The standard InChI is InChI=1S/C15H19N3O3/c1-10(2)18-7-8-20-13(9-18)14-16-15(21-17-14)11-3-5-12(19)6-4-11/h3-6,10,13,19H,7-9H2,1-2H3. The molecule has 0 bridgehead atoms. The number of nitrogens with zero attached hydrogens (tertiary/aromatic N) is 3. The van der Waals surface area contributed by atoms with E-state index in [0.29, 0.717) is 24.4 Å². The van der Waals surface area contributed by atoms with Gasteiger partial charge in [0.2, 0.25) is 5.82 Å². The molecule has 1 saturated heterocycles. The average Bonchev–Trinajstić information content (AvgIpc) is 2.98. The fourth-order valence-electron chi connectivity index (χ4n) is 2.38. The molecule has 1 fully saturated rings. The van der Waals surface area contributed by atoms with Gasteiger partial charge in [-0.2, -0.15) is 4.98 Å². The Bertz CT molecular complexity index is 594. The van der Waals surface area contributed by atoms with Crippen LogP contribution in [0, 0.1) is 0 Å². The first-order valence-corrected chi connectivity index (χ1v) is 7.12. The van der Waals surface area contributed by atoms with Gasteiger partial charge in [0.25, 0.3) is 5.89 Å². The van der Waals surface area contributed by atoms with Crippen LogP contribution in [-0.2, 0) is 4.74 Å². The summed E-state index contributed by atoms with van der Waals surface area (Å²) in [7, 11) is 0. The molecular weight excluding hydrogens is 270 g/mol. The Morgan fingerprint density at radius 1 is 1.29 bits per heavy atom. The first kappa shape index (κ1) is 14.0. The molecule has 2 heterocycles. The Hall–Kier alpha value is -1.92. The molecule has 2 aromatic rings. The Labute approximate surface area is 123 Å². The van der Waals surface area contributed by atoms with Crippen molar-refractivity contribution in [2.24, 2.45) is 0 Å². The van der Waals surface area contributed by atoms with Gasteiger partial charge in [0.05, 0.1) is 6.61 Å². The molecule has 1 unspecified atom stereocenters. The number of benzene rings is 1. The monoisotopic (exact) mass is 289 g/mol. The number of aromatic nitrogens is 2. The molecule has 1 aliphatic heterocycles. The minimum Gasteiger partial charge on any atom is -0.508 e. The fourth-order valence-corrected chi connectivity index (χ4v) is 2.38. The molecule has 0 amide bonds. The summed E-state index contributed by atoms with van der Waals surface area (Å²) in [4.78, 5) is 6.75. The van der Waals surface area contributed by atoms with Crippen molar-refractivity contribution in [3.8, 4) is 17.2 Å². The first-order valence-electron chi connectivity index (χ1n) is 7.12. The van der Waals surface area contributed by atoms with Crippen molar-refractivity contribution in [3.05, 3.63) is 30.1 Å². The molecule has 21 heavy (non-hydrogen) atoms. The lowest BCUT2D eigenvalue weighted by atomic mass is 10.2. The van der Waals surface area contributed by atoms with Crippen LogP contribution in [-0.4, -0.2) is 45.9 Å². The summed E-state index contributed by atoms with van der Waals surface area (Å²) >= 11 is 0. The lowest BCUT2D eigenvalue weighted by Crippen LogP contribution is -2.42. The highest BCUT2D eigenvalue weighted by atomic mass is 16.5. The van der Waals surface area contributed by atoms with Gasteiger partial charge in [0.15, 0.2) is 0 Å². The molecule has 1 N–H and O–H groups in total. The van der Waals surface area contributed by atoms with Gasteiger partial charge < -0.3 is 14.4 Å².